The summed E-state index contributed by atoms with van der Waals surface area (Å²) < 4.78 is 41.5. The summed E-state index contributed by atoms with van der Waals surface area (Å²) in [6, 6.07) is 4.90. The van der Waals surface area contributed by atoms with E-state index >= 15 is 0 Å². The Bertz CT molecular complexity index is 325. The Labute approximate surface area is 86.2 Å². The molecule has 0 spiro atoms. The Morgan fingerprint density at radius 3 is 2.27 bits per heavy atom. The van der Waals surface area contributed by atoms with E-state index in [0.29, 0.717) is 12.2 Å². The lowest BCUT2D eigenvalue weighted by molar-refractivity contribution is -0.137. The monoisotopic (exact) mass is 216 g/mol. The molecule has 0 aromatic heterocycles. The molecule has 0 saturated carbocycles. The number of benzene rings is 1. The van der Waals surface area contributed by atoms with Crippen LogP contribution in [0.15, 0.2) is 30.5 Å². The normalized spacial score (nSPS) is 12.0. The van der Waals surface area contributed by atoms with E-state index < -0.39 is 11.7 Å². The minimum atomic E-state index is -4.28. The molecule has 0 N–H and O–H groups in total. The molecule has 0 aliphatic rings. The zero-order chi connectivity index (χ0) is 11.3. The molecule has 0 amide bonds. The Morgan fingerprint density at radius 2 is 1.80 bits per heavy atom. The fourth-order valence-electron chi connectivity index (χ4n) is 1.01. The average Bonchev–Trinajstić information content (AvgIpc) is 2.18. The van der Waals surface area contributed by atoms with Crippen molar-refractivity contribution in [3.05, 3.63) is 41.7 Å². The summed E-state index contributed by atoms with van der Waals surface area (Å²) in [5.74, 6) is 0. The smallest absolute Gasteiger partial charge is 0.416 e. The Kier molecular flexibility index (Phi) is 3.77. The molecule has 0 bridgehead atoms. The van der Waals surface area contributed by atoms with Gasteiger partial charge in [0.15, 0.2) is 0 Å². The first kappa shape index (κ1) is 11.6. The maximum Gasteiger partial charge on any atom is 0.416 e. The van der Waals surface area contributed by atoms with Crippen molar-refractivity contribution in [2.24, 2.45) is 0 Å². The van der Waals surface area contributed by atoms with Crippen LogP contribution < -0.4 is 0 Å². The summed E-state index contributed by atoms with van der Waals surface area (Å²) in [6.45, 7) is 2.37. The second-order valence-electron chi connectivity index (χ2n) is 2.88. The lowest BCUT2D eigenvalue weighted by Gasteiger charge is -2.05. The molecule has 1 aromatic carbocycles. The summed E-state index contributed by atoms with van der Waals surface area (Å²) >= 11 is 0. The highest BCUT2D eigenvalue weighted by Gasteiger charge is 2.29. The molecule has 82 valence electrons. The summed E-state index contributed by atoms with van der Waals surface area (Å²) in [6.07, 6.45) is -1.20. The molecule has 0 saturated heterocycles. The van der Waals surface area contributed by atoms with Crippen molar-refractivity contribution in [3.8, 4) is 0 Å². The first-order chi connectivity index (χ1) is 7.04. The van der Waals surface area contributed by atoms with Gasteiger partial charge in [0.25, 0.3) is 0 Å². The summed E-state index contributed by atoms with van der Waals surface area (Å²) in [5.41, 5.74) is 0.0347. The van der Waals surface area contributed by atoms with Gasteiger partial charge in [0.2, 0.25) is 0 Å². The van der Waals surface area contributed by atoms with E-state index in [1.165, 1.54) is 18.4 Å². The predicted molar refractivity (Wildman–Crippen MR) is 52.1 cm³/mol. The van der Waals surface area contributed by atoms with Crippen LogP contribution in [0.3, 0.4) is 0 Å². The molecule has 15 heavy (non-hydrogen) atoms. The van der Waals surface area contributed by atoms with E-state index in [1.54, 1.807) is 6.08 Å². The molecular weight excluding hydrogens is 205 g/mol. The molecule has 1 nitrogen and oxygen atoms in total. The topological polar surface area (TPSA) is 9.23 Å². The van der Waals surface area contributed by atoms with Crippen LogP contribution >= 0.6 is 0 Å². The van der Waals surface area contributed by atoms with Gasteiger partial charge < -0.3 is 4.74 Å². The van der Waals surface area contributed by atoms with Gasteiger partial charge in [-0.25, -0.2) is 0 Å². The van der Waals surface area contributed by atoms with E-state index in [4.69, 9.17) is 4.74 Å². The second-order valence-corrected chi connectivity index (χ2v) is 2.88. The third-order valence-corrected chi connectivity index (χ3v) is 1.76. The van der Waals surface area contributed by atoms with Crippen LogP contribution in [-0.2, 0) is 10.9 Å². The second kappa shape index (κ2) is 4.87. The lowest BCUT2D eigenvalue weighted by Crippen LogP contribution is -2.03. The van der Waals surface area contributed by atoms with Crippen LogP contribution in [0, 0.1) is 0 Å². The molecule has 1 rings (SSSR count). The van der Waals surface area contributed by atoms with Gasteiger partial charge in [0.1, 0.15) is 0 Å². The van der Waals surface area contributed by atoms with Crippen molar-refractivity contribution in [1.29, 1.82) is 0 Å². The van der Waals surface area contributed by atoms with Crippen LogP contribution in [0.1, 0.15) is 18.1 Å². The highest BCUT2D eigenvalue weighted by atomic mass is 19.4. The van der Waals surface area contributed by atoms with Crippen molar-refractivity contribution in [2.45, 2.75) is 13.1 Å². The number of rotatable bonds is 3. The molecule has 0 radical (unpaired) electrons. The Morgan fingerprint density at radius 1 is 1.20 bits per heavy atom. The molecule has 0 fully saturated rings. The maximum atomic E-state index is 12.2. The largest absolute Gasteiger partial charge is 0.501 e. The standard InChI is InChI=1S/C11H11F3O/c1-2-15-8-7-9-3-5-10(6-4-9)11(12,13)14/h3-8H,2H2,1H3/b8-7+. The van der Waals surface area contributed by atoms with E-state index in [-0.39, 0.29) is 0 Å². The van der Waals surface area contributed by atoms with Crippen molar-refractivity contribution in [1.82, 2.24) is 0 Å². The molecule has 0 heterocycles. The van der Waals surface area contributed by atoms with Gasteiger partial charge >= 0.3 is 6.18 Å². The minimum absolute atomic E-state index is 0.539. The third kappa shape index (κ3) is 3.65. The zero-order valence-electron chi connectivity index (χ0n) is 8.21. The van der Waals surface area contributed by atoms with Crippen LogP contribution in [0.4, 0.5) is 13.2 Å². The average molecular weight is 216 g/mol. The van der Waals surface area contributed by atoms with Gasteiger partial charge in [-0.1, -0.05) is 12.1 Å². The van der Waals surface area contributed by atoms with Crippen LogP contribution in [0.5, 0.6) is 0 Å². The number of ether oxygens (including phenoxy) is 1. The number of hydrogen-bond acceptors (Lipinski definition) is 1. The van der Waals surface area contributed by atoms with Crippen molar-refractivity contribution < 1.29 is 17.9 Å². The summed E-state index contributed by atoms with van der Waals surface area (Å²) in [4.78, 5) is 0. The fraction of sp³-hybridized carbons (Fsp3) is 0.273. The van der Waals surface area contributed by atoms with Crippen LogP contribution in [0.25, 0.3) is 6.08 Å². The van der Waals surface area contributed by atoms with Gasteiger partial charge in [-0.15, -0.1) is 0 Å². The molecule has 1 aromatic rings. The first-order valence-corrected chi connectivity index (χ1v) is 4.49. The van der Waals surface area contributed by atoms with E-state index in [9.17, 15) is 13.2 Å². The molecule has 0 aliphatic carbocycles. The van der Waals surface area contributed by atoms with E-state index in [2.05, 4.69) is 0 Å². The quantitative estimate of drug-likeness (QED) is 0.700. The predicted octanol–water partition coefficient (Wildman–Crippen LogP) is 3.71. The van der Waals surface area contributed by atoms with Gasteiger partial charge in [-0.05, 0) is 30.7 Å². The lowest BCUT2D eigenvalue weighted by atomic mass is 10.1. The Hall–Kier alpha value is -1.45. The highest BCUT2D eigenvalue weighted by Crippen LogP contribution is 2.29. The van der Waals surface area contributed by atoms with Gasteiger partial charge in [-0.2, -0.15) is 13.2 Å². The molecule has 0 atom stereocenters. The minimum Gasteiger partial charge on any atom is -0.501 e. The third-order valence-electron chi connectivity index (χ3n) is 1.76. The number of hydrogen-bond donors (Lipinski definition) is 0. The molecule has 0 aliphatic heterocycles. The van der Waals surface area contributed by atoms with Crippen molar-refractivity contribution in [3.63, 3.8) is 0 Å². The first-order valence-electron chi connectivity index (χ1n) is 4.49. The SMILES string of the molecule is CCO/C=C/c1ccc(C(F)(F)F)cc1. The number of alkyl halides is 3. The highest BCUT2D eigenvalue weighted by molar-refractivity contribution is 5.48. The van der Waals surface area contributed by atoms with Crippen LogP contribution in [0.2, 0.25) is 0 Å². The molecule has 0 unspecified atom stereocenters. The van der Waals surface area contributed by atoms with E-state index in [1.807, 2.05) is 6.92 Å². The van der Waals surface area contributed by atoms with Gasteiger partial charge in [0, 0.05) is 0 Å². The summed E-state index contributed by atoms with van der Waals surface area (Å²) in [7, 11) is 0. The fourth-order valence-corrected chi connectivity index (χ4v) is 1.01. The molecular formula is C11H11F3O. The molecule has 4 heteroatoms. The van der Waals surface area contributed by atoms with Gasteiger partial charge in [-0.3, -0.25) is 0 Å². The van der Waals surface area contributed by atoms with Gasteiger partial charge in [0.05, 0.1) is 18.4 Å². The maximum absolute atomic E-state index is 12.2. The zero-order valence-corrected chi connectivity index (χ0v) is 8.21. The summed E-state index contributed by atoms with van der Waals surface area (Å²) in [5, 5.41) is 0. The van der Waals surface area contributed by atoms with Crippen LogP contribution in [-0.4, -0.2) is 6.61 Å². The van der Waals surface area contributed by atoms with Crippen molar-refractivity contribution >= 4 is 6.08 Å². The van der Waals surface area contributed by atoms with Crippen molar-refractivity contribution in [2.75, 3.05) is 6.61 Å². The Balaban J connectivity index is 2.73. The van der Waals surface area contributed by atoms with E-state index in [0.717, 1.165) is 12.1 Å². The number of halogens is 3.